The van der Waals surface area contributed by atoms with Crippen LogP contribution in [-0.2, 0) is 4.74 Å². The molecule has 1 aromatic carbocycles. The topological polar surface area (TPSA) is 101 Å². The van der Waals surface area contributed by atoms with Crippen LogP contribution in [-0.4, -0.2) is 80.6 Å². The van der Waals surface area contributed by atoms with Crippen molar-refractivity contribution < 1.29 is 19.0 Å². The molecular formula is C24H36N6O4. The Hall–Kier alpha value is -3.11. The molecule has 1 aromatic heterocycles. The first-order valence-electron chi connectivity index (χ1n) is 11.9. The summed E-state index contributed by atoms with van der Waals surface area (Å²) < 4.78 is 16.6. The number of carbonyl (C=O) groups is 1. The van der Waals surface area contributed by atoms with Gasteiger partial charge in [-0.15, -0.1) is 0 Å². The molecule has 0 unspecified atom stereocenters. The molecule has 2 amide bonds. The van der Waals surface area contributed by atoms with Crippen LogP contribution in [0.25, 0.3) is 0 Å². The summed E-state index contributed by atoms with van der Waals surface area (Å²) in [4.78, 5) is 26.3. The molecule has 0 saturated carbocycles. The van der Waals surface area contributed by atoms with Gasteiger partial charge in [0.2, 0.25) is 11.8 Å². The molecule has 3 rings (SSSR count). The van der Waals surface area contributed by atoms with Crippen molar-refractivity contribution >= 4 is 23.5 Å². The lowest BCUT2D eigenvalue weighted by molar-refractivity contribution is 0.0320. The second-order valence-corrected chi connectivity index (χ2v) is 7.99. The number of hydrogen-bond acceptors (Lipinski definition) is 8. The van der Waals surface area contributed by atoms with Gasteiger partial charge in [0.05, 0.1) is 20.3 Å². The van der Waals surface area contributed by atoms with Crippen LogP contribution in [0.3, 0.4) is 0 Å². The summed E-state index contributed by atoms with van der Waals surface area (Å²) in [6.45, 7) is 10.4. The number of anilines is 3. The number of benzene rings is 1. The number of hydrogen-bond donors (Lipinski definition) is 2. The minimum absolute atomic E-state index is 0.379. The summed E-state index contributed by atoms with van der Waals surface area (Å²) in [5, 5.41) is 5.62. The number of rotatable bonds is 12. The minimum Gasteiger partial charge on any atom is -0.497 e. The van der Waals surface area contributed by atoms with E-state index < -0.39 is 6.03 Å². The maximum Gasteiger partial charge on any atom is 0.324 e. The SMILES string of the molecule is CCCN(CCC)c1nc(NC(=O)Nc2cccc(OC)c2)cc(OCCN2CCOCC2)n1. The number of nitrogens with one attached hydrogen (secondary N) is 2. The maximum atomic E-state index is 12.6. The zero-order chi connectivity index (χ0) is 24.2. The zero-order valence-electron chi connectivity index (χ0n) is 20.4. The molecule has 2 aromatic rings. The Bertz CT molecular complexity index is 901. The predicted octanol–water partition coefficient (Wildman–Crippen LogP) is 3.47. The Morgan fingerprint density at radius 3 is 2.59 bits per heavy atom. The lowest BCUT2D eigenvalue weighted by Crippen LogP contribution is -2.38. The number of morpholine rings is 1. The fraction of sp³-hybridized carbons (Fsp3) is 0.542. The molecule has 0 bridgehead atoms. The third-order valence-electron chi connectivity index (χ3n) is 5.29. The van der Waals surface area contributed by atoms with Crippen LogP contribution < -0.4 is 25.0 Å². The van der Waals surface area contributed by atoms with Gasteiger partial charge in [-0.2, -0.15) is 9.97 Å². The number of carbonyl (C=O) groups excluding carboxylic acids is 1. The highest BCUT2D eigenvalue weighted by Crippen LogP contribution is 2.21. The molecule has 10 heteroatoms. The molecule has 1 fully saturated rings. The van der Waals surface area contributed by atoms with E-state index in [1.165, 1.54) is 0 Å². The van der Waals surface area contributed by atoms with Crippen molar-refractivity contribution in [2.24, 2.45) is 0 Å². The fourth-order valence-corrected chi connectivity index (χ4v) is 3.63. The normalized spacial score (nSPS) is 13.9. The van der Waals surface area contributed by atoms with Crippen LogP contribution in [0.15, 0.2) is 30.3 Å². The van der Waals surface area contributed by atoms with Crippen molar-refractivity contribution in [3.05, 3.63) is 30.3 Å². The number of methoxy groups -OCH3 is 1. The first kappa shape index (κ1) is 25.5. The molecule has 0 atom stereocenters. The molecule has 1 aliphatic heterocycles. The molecule has 34 heavy (non-hydrogen) atoms. The molecule has 1 saturated heterocycles. The molecule has 0 aliphatic carbocycles. The summed E-state index contributed by atoms with van der Waals surface area (Å²) in [5.41, 5.74) is 0.617. The van der Waals surface area contributed by atoms with Crippen LogP contribution in [0.5, 0.6) is 11.6 Å². The van der Waals surface area contributed by atoms with Gasteiger partial charge < -0.3 is 24.4 Å². The molecule has 1 aliphatic rings. The molecule has 186 valence electrons. The van der Waals surface area contributed by atoms with Gasteiger partial charge >= 0.3 is 6.03 Å². The lowest BCUT2D eigenvalue weighted by Gasteiger charge is -2.26. The molecule has 10 nitrogen and oxygen atoms in total. The number of nitrogens with zero attached hydrogens (tertiary/aromatic N) is 4. The Labute approximate surface area is 201 Å². The highest BCUT2D eigenvalue weighted by Gasteiger charge is 2.15. The van der Waals surface area contributed by atoms with Crippen LogP contribution in [0.2, 0.25) is 0 Å². The van der Waals surface area contributed by atoms with E-state index in [0.29, 0.717) is 35.7 Å². The van der Waals surface area contributed by atoms with E-state index in [0.717, 1.165) is 58.8 Å². The minimum atomic E-state index is -0.408. The predicted molar refractivity (Wildman–Crippen MR) is 133 cm³/mol. The van der Waals surface area contributed by atoms with E-state index in [1.54, 1.807) is 25.3 Å². The van der Waals surface area contributed by atoms with Gasteiger partial charge in [-0.25, -0.2) is 4.79 Å². The molecule has 0 spiro atoms. The third-order valence-corrected chi connectivity index (χ3v) is 5.29. The Morgan fingerprint density at radius 2 is 1.88 bits per heavy atom. The number of urea groups is 1. The van der Waals surface area contributed by atoms with E-state index in [1.807, 2.05) is 12.1 Å². The van der Waals surface area contributed by atoms with Gasteiger partial charge in [0.15, 0.2) is 0 Å². The largest absolute Gasteiger partial charge is 0.497 e. The lowest BCUT2D eigenvalue weighted by atomic mass is 10.3. The average molecular weight is 473 g/mol. The van der Waals surface area contributed by atoms with Crippen molar-refractivity contribution in [1.82, 2.24) is 14.9 Å². The molecule has 0 radical (unpaired) electrons. The number of ether oxygens (including phenoxy) is 3. The molecular weight excluding hydrogens is 436 g/mol. The summed E-state index contributed by atoms with van der Waals surface area (Å²) in [7, 11) is 1.58. The first-order valence-corrected chi connectivity index (χ1v) is 11.9. The van der Waals surface area contributed by atoms with Crippen molar-refractivity contribution in [3.63, 3.8) is 0 Å². The van der Waals surface area contributed by atoms with Crippen LogP contribution in [0, 0.1) is 0 Å². The third kappa shape index (κ3) is 8.03. The van der Waals surface area contributed by atoms with Crippen LogP contribution in [0.4, 0.5) is 22.2 Å². The first-order chi connectivity index (χ1) is 16.6. The highest BCUT2D eigenvalue weighted by atomic mass is 16.5. The summed E-state index contributed by atoms with van der Waals surface area (Å²) in [6.07, 6.45) is 1.93. The van der Waals surface area contributed by atoms with Gasteiger partial charge in [-0.3, -0.25) is 10.2 Å². The Morgan fingerprint density at radius 1 is 1.12 bits per heavy atom. The highest BCUT2D eigenvalue weighted by molar-refractivity contribution is 5.99. The van der Waals surface area contributed by atoms with E-state index in [2.05, 4.69) is 44.2 Å². The summed E-state index contributed by atoms with van der Waals surface area (Å²) in [5.74, 6) is 2.02. The quantitative estimate of drug-likeness (QED) is 0.484. The molecule has 2 heterocycles. The Balaban J connectivity index is 1.71. The van der Waals surface area contributed by atoms with Crippen molar-refractivity contribution in [3.8, 4) is 11.6 Å². The zero-order valence-corrected chi connectivity index (χ0v) is 20.4. The standard InChI is InChI=1S/C24H36N6O4/c1-4-9-30(10-5-2)23-26-21(27-24(31)25-19-7-6-8-20(17-19)32-3)18-22(28-23)34-16-13-29-11-14-33-15-12-29/h6-8,17-18H,4-5,9-16H2,1-3H3,(H2,25,26,27,28,31). The summed E-state index contributed by atoms with van der Waals surface area (Å²) >= 11 is 0. The number of aromatic nitrogens is 2. The van der Waals surface area contributed by atoms with Gasteiger partial charge in [0.1, 0.15) is 18.2 Å². The van der Waals surface area contributed by atoms with Crippen LogP contribution in [0.1, 0.15) is 26.7 Å². The number of amides is 2. The monoisotopic (exact) mass is 472 g/mol. The second kappa shape index (κ2) is 13.6. The fourth-order valence-electron chi connectivity index (χ4n) is 3.63. The van der Waals surface area contributed by atoms with Crippen LogP contribution >= 0.6 is 0 Å². The van der Waals surface area contributed by atoms with Gasteiger partial charge in [-0.05, 0) is 25.0 Å². The van der Waals surface area contributed by atoms with Crippen molar-refractivity contribution in [2.45, 2.75) is 26.7 Å². The van der Waals surface area contributed by atoms with E-state index in [9.17, 15) is 4.79 Å². The average Bonchev–Trinajstić information content (AvgIpc) is 2.84. The van der Waals surface area contributed by atoms with Gasteiger partial charge in [-0.1, -0.05) is 19.9 Å². The van der Waals surface area contributed by atoms with Crippen molar-refractivity contribution in [1.29, 1.82) is 0 Å². The summed E-state index contributed by atoms with van der Waals surface area (Å²) in [6, 6.07) is 8.41. The van der Waals surface area contributed by atoms with E-state index in [-0.39, 0.29) is 0 Å². The second-order valence-electron chi connectivity index (χ2n) is 7.99. The Kier molecular flexibility index (Phi) is 10.2. The van der Waals surface area contributed by atoms with Crippen molar-refractivity contribution in [2.75, 3.05) is 75.2 Å². The van der Waals surface area contributed by atoms with Gasteiger partial charge in [0, 0.05) is 50.5 Å². The van der Waals surface area contributed by atoms with Gasteiger partial charge in [0.25, 0.3) is 0 Å². The maximum absolute atomic E-state index is 12.6. The van der Waals surface area contributed by atoms with E-state index >= 15 is 0 Å². The van der Waals surface area contributed by atoms with E-state index in [4.69, 9.17) is 14.2 Å². The molecule has 2 N–H and O–H groups in total. The smallest absolute Gasteiger partial charge is 0.324 e.